The first kappa shape index (κ1) is 16.6. The Bertz CT molecular complexity index is 730. The molecule has 126 valence electrons. The number of carboxylic acids is 1. The highest BCUT2D eigenvalue weighted by atomic mass is 16.4. The number of likely N-dealkylation sites (tertiary alicyclic amines) is 1. The number of carbonyl (C=O) groups is 1. The average Bonchev–Trinajstić information content (AvgIpc) is 3.04. The van der Waals surface area contributed by atoms with Gasteiger partial charge in [-0.25, -0.2) is 9.78 Å². The van der Waals surface area contributed by atoms with Crippen molar-refractivity contribution in [2.45, 2.75) is 32.7 Å². The van der Waals surface area contributed by atoms with E-state index in [9.17, 15) is 9.90 Å². The molecule has 1 atom stereocenters. The molecule has 24 heavy (non-hydrogen) atoms. The van der Waals surface area contributed by atoms with Crippen LogP contribution in [0.5, 0.6) is 0 Å². The predicted octanol–water partition coefficient (Wildman–Crippen LogP) is 3.11. The van der Waals surface area contributed by atoms with Crippen LogP contribution in [0.3, 0.4) is 0 Å². The van der Waals surface area contributed by atoms with Crippen LogP contribution in [0.4, 0.5) is 0 Å². The Kier molecular flexibility index (Phi) is 4.90. The van der Waals surface area contributed by atoms with Gasteiger partial charge in [0.05, 0.1) is 23.1 Å². The zero-order chi connectivity index (χ0) is 17.1. The number of hydrogen-bond acceptors (Lipinski definition) is 4. The summed E-state index contributed by atoms with van der Waals surface area (Å²) < 4.78 is 0. The summed E-state index contributed by atoms with van der Waals surface area (Å²) in [5, 5.41) is 9.35. The smallest absolute Gasteiger partial charge is 0.336 e. The molecule has 1 aromatic carbocycles. The molecule has 1 N–H and O–H groups in total. The Morgan fingerprint density at radius 3 is 2.83 bits per heavy atom. The maximum Gasteiger partial charge on any atom is 0.336 e. The van der Waals surface area contributed by atoms with Crippen LogP contribution in [0.25, 0.3) is 11.3 Å². The van der Waals surface area contributed by atoms with Gasteiger partial charge in [0.25, 0.3) is 0 Å². The molecule has 0 radical (unpaired) electrons. The van der Waals surface area contributed by atoms with Crippen molar-refractivity contribution in [3.8, 4) is 11.3 Å². The zero-order valence-electron chi connectivity index (χ0n) is 14.1. The molecule has 0 bridgehead atoms. The fourth-order valence-electron chi connectivity index (χ4n) is 3.32. The molecule has 1 aliphatic rings. The third-order valence-electron chi connectivity index (χ3n) is 4.66. The van der Waals surface area contributed by atoms with Crippen molar-refractivity contribution in [3.63, 3.8) is 0 Å². The van der Waals surface area contributed by atoms with Gasteiger partial charge in [-0.2, -0.15) is 0 Å². The molecule has 1 saturated heterocycles. The second-order valence-electron chi connectivity index (χ2n) is 6.69. The normalized spacial score (nSPS) is 18.2. The molecule has 5 heteroatoms. The van der Waals surface area contributed by atoms with E-state index in [1.54, 1.807) is 30.6 Å². The molecule has 2 heterocycles. The van der Waals surface area contributed by atoms with Crippen molar-refractivity contribution < 1.29 is 9.90 Å². The van der Waals surface area contributed by atoms with Gasteiger partial charge in [0.15, 0.2) is 0 Å². The lowest BCUT2D eigenvalue weighted by molar-refractivity contribution is 0.0697. The minimum absolute atomic E-state index is 0.260. The van der Waals surface area contributed by atoms with E-state index >= 15 is 0 Å². The van der Waals surface area contributed by atoms with Crippen molar-refractivity contribution in [2.75, 3.05) is 13.1 Å². The fraction of sp³-hybridized carbons (Fsp3) is 0.421. The molecule has 5 nitrogen and oxygen atoms in total. The van der Waals surface area contributed by atoms with Crippen molar-refractivity contribution in [3.05, 3.63) is 47.9 Å². The number of nitrogens with zero attached hydrogens (tertiary/aromatic N) is 3. The first-order valence-electron chi connectivity index (χ1n) is 8.42. The summed E-state index contributed by atoms with van der Waals surface area (Å²) in [6, 6.07) is 7.52. The largest absolute Gasteiger partial charge is 0.478 e. The highest BCUT2D eigenvalue weighted by Gasteiger charge is 2.24. The van der Waals surface area contributed by atoms with Gasteiger partial charge in [-0.1, -0.05) is 18.2 Å². The highest BCUT2D eigenvalue weighted by Crippen LogP contribution is 2.24. The zero-order valence-corrected chi connectivity index (χ0v) is 14.1. The lowest BCUT2D eigenvalue weighted by Gasteiger charge is -2.20. The van der Waals surface area contributed by atoms with E-state index in [0.29, 0.717) is 23.2 Å². The van der Waals surface area contributed by atoms with Gasteiger partial charge in [0.1, 0.15) is 0 Å². The van der Waals surface area contributed by atoms with E-state index in [2.05, 4.69) is 28.7 Å². The highest BCUT2D eigenvalue weighted by molar-refractivity contribution is 5.95. The topological polar surface area (TPSA) is 66.3 Å². The number of hydrogen-bond donors (Lipinski definition) is 1. The Morgan fingerprint density at radius 2 is 2.12 bits per heavy atom. The number of benzene rings is 1. The number of carboxylic acid groups (broad SMARTS) is 1. The van der Waals surface area contributed by atoms with Crippen LogP contribution < -0.4 is 0 Å². The summed E-state index contributed by atoms with van der Waals surface area (Å²) in [5.41, 5.74) is 2.44. The van der Waals surface area contributed by atoms with E-state index in [1.807, 2.05) is 6.07 Å². The monoisotopic (exact) mass is 325 g/mol. The Balaban J connectivity index is 1.79. The number of aromatic carboxylic acids is 1. The fourth-order valence-corrected chi connectivity index (χ4v) is 3.32. The molecule has 1 fully saturated rings. The summed E-state index contributed by atoms with van der Waals surface area (Å²) in [6.45, 7) is 6.68. The predicted molar refractivity (Wildman–Crippen MR) is 92.9 cm³/mol. The van der Waals surface area contributed by atoms with E-state index < -0.39 is 5.97 Å². The van der Waals surface area contributed by atoms with Gasteiger partial charge in [0, 0.05) is 24.3 Å². The molecule has 2 aromatic rings. The molecule has 0 saturated carbocycles. The summed E-state index contributed by atoms with van der Waals surface area (Å²) in [5.74, 6) is -0.354. The van der Waals surface area contributed by atoms with Crippen molar-refractivity contribution >= 4 is 5.97 Å². The third kappa shape index (κ3) is 3.62. The molecule has 1 aliphatic heterocycles. The van der Waals surface area contributed by atoms with Crippen LogP contribution in [0.2, 0.25) is 0 Å². The maximum absolute atomic E-state index is 11.4. The first-order chi connectivity index (χ1) is 11.5. The van der Waals surface area contributed by atoms with Crippen molar-refractivity contribution in [1.82, 2.24) is 14.9 Å². The van der Waals surface area contributed by atoms with Gasteiger partial charge in [-0.05, 0) is 45.2 Å². The van der Waals surface area contributed by atoms with Crippen LogP contribution in [0.15, 0.2) is 36.7 Å². The first-order valence-corrected chi connectivity index (χ1v) is 8.42. The van der Waals surface area contributed by atoms with E-state index in [1.165, 1.54) is 6.42 Å². The summed E-state index contributed by atoms with van der Waals surface area (Å²) in [7, 11) is 0. The SMILES string of the molecule is CC(C)N1CCC(Cc2cncc(-c3ccccc3C(=O)O)n2)C1. The van der Waals surface area contributed by atoms with Crippen LogP contribution in [-0.4, -0.2) is 45.1 Å². The second-order valence-corrected chi connectivity index (χ2v) is 6.69. The summed E-state index contributed by atoms with van der Waals surface area (Å²) >= 11 is 0. The van der Waals surface area contributed by atoms with Crippen LogP contribution in [-0.2, 0) is 6.42 Å². The quantitative estimate of drug-likeness (QED) is 0.915. The van der Waals surface area contributed by atoms with Crippen molar-refractivity contribution in [2.24, 2.45) is 5.92 Å². The Morgan fingerprint density at radius 1 is 1.33 bits per heavy atom. The lowest BCUT2D eigenvalue weighted by Crippen LogP contribution is -2.28. The van der Waals surface area contributed by atoms with Gasteiger partial charge in [-0.15, -0.1) is 0 Å². The molecule has 0 amide bonds. The Labute approximate surface area is 142 Å². The molecular weight excluding hydrogens is 302 g/mol. The van der Waals surface area contributed by atoms with Gasteiger partial charge in [-0.3, -0.25) is 4.98 Å². The standard InChI is InChI=1S/C19H23N3O2/c1-13(2)22-8-7-14(12-22)9-15-10-20-11-18(21-15)16-5-3-4-6-17(16)19(23)24/h3-6,10-11,13-14H,7-9,12H2,1-2H3,(H,23,24). The van der Waals surface area contributed by atoms with E-state index in [0.717, 1.165) is 25.2 Å². The summed E-state index contributed by atoms with van der Waals surface area (Å²) in [6.07, 6.45) is 5.50. The molecule has 1 unspecified atom stereocenters. The van der Waals surface area contributed by atoms with Crippen LogP contribution >= 0.6 is 0 Å². The van der Waals surface area contributed by atoms with E-state index in [-0.39, 0.29) is 5.56 Å². The molecule has 1 aromatic heterocycles. The van der Waals surface area contributed by atoms with Gasteiger partial charge < -0.3 is 10.0 Å². The van der Waals surface area contributed by atoms with Gasteiger partial charge in [0.2, 0.25) is 0 Å². The third-order valence-corrected chi connectivity index (χ3v) is 4.66. The second kappa shape index (κ2) is 7.09. The minimum atomic E-state index is -0.943. The average molecular weight is 325 g/mol. The van der Waals surface area contributed by atoms with Crippen LogP contribution in [0.1, 0.15) is 36.3 Å². The number of rotatable bonds is 5. The van der Waals surface area contributed by atoms with E-state index in [4.69, 9.17) is 0 Å². The maximum atomic E-state index is 11.4. The number of aromatic nitrogens is 2. The minimum Gasteiger partial charge on any atom is -0.478 e. The molecular formula is C19H23N3O2. The van der Waals surface area contributed by atoms with Crippen LogP contribution in [0, 0.1) is 5.92 Å². The Hall–Kier alpha value is -2.27. The molecule has 3 rings (SSSR count). The summed E-state index contributed by atoms with van der Waals surface area (Å²) in [4.78, 5) is 22.9. The molecule has 0 spiro atoms. The van der Waals surface area contributed by atoms with Crippen molar-refractivity contribution in [1.29, 1.82) is 0 Å². The van der Waals surface area contributed by atoms with Gasteiger partial charge >= 0.3 is 5.97 Å². The molecule has 0 aliphatic carbocycles. The lowest BCUT2D eigenvalue weighted by atomic mass is 10.0.